The third kappa shape index (κ3) is 5.92. The molecule has 0 unspecified atom stereocenters. The predicted molar refractivity (Wildman–Crippen MR) is 120 cm³/mol. The standard InChI is InChI=1S/C24H30FN3O2S/c25-20-6-4-19(5-7-20)18-27-12-2-13-28(15-14-27)23(30)9-11-24(10-8-22(29)26-24)17-21-3-1-16-31-21/h1,3-7,16H,2,8-15,17-18H2,(H,26,29)/t24-/m1/s1. The number of carbonyl (C=O) groups excluding carboxylic acids is 2. The molecule has 1 aromatic carbocycles. The molecule has 5 nitrogen and oxygen atoms in total. The second-order valence-corrected chi connectivity index (χ2v) is 9.75. The summed E-state index contributed by atoms with van der Waals surface area (Å²) in [5.74, 6) is 0.0530. The van der Waals surface area contributed by atoms with Crippen LogP contribution in [-0.4, -0.2) is 53.3 Å². The van der Waals surface area contributed by atoms with E-state index in [9.17, 15) is 14.0 Å². The highest BCUT2D eigenvalue weighted by Crippen LogP contribution is 2.31. The molecule has 4 rings (SSSR count). The molecule has 2 aliphatic rings. The van der Waals surface area contributed by atoms with Crippen molar-refractivity contribution in [3.63, 3.8) is 0 Å². The Morgan fingerprint density at radius 2 is 1.97 bits per heavy atom. The molecule has 2 amide bonds. The van der Waals surface area contributed by atoms with Crippen molar-refractivity contribution in [2.45, 2.75) is 50.6 Å². The fourth-order valence-electron chi connectivity index (χ4n) is 4.66. The molecule has 2 saturated heterocycles. The second kappa shape index (κ2) is 9.92. The summed E-state index contributed by atoms with van der Waals surface area (Å²) >= 11 is 1.70. The Morgan fingerprint density at radius 3 is 2.68 bits per heavy atom. The van der Waals surface area contributed by atoms with Crippen molar-refractivity contribution >= 4 is 23.2 Å². The Morgan fingerprint density at radius 1 is 1.13 bits per heavy atom. The van der Waals surface area contributed by atoms with Crippen LogP contribution in [0.15, 0.2) is 41.8 Å². The topological polar surface area (TPSA) is 52.7 Å². The number of carbonyl (C=O) groups is 2. The molecule has 31 heavy (non-hydrogen) atoms. The first kappa shape index (κ1) is 22.0. The summed E-state index contributed by atoms with van der Waals surface area (Å²) in [7, 11) is 0. The fourth-order valence-corrected chi connectivity index (χ4v) is 5.51. The van der Waals surface area contributed by atoms with Gasteiger partial charge in [-0.1, -0.05) is 18.2 Å². The smallest absolute Gasteiger partial charge is 0.222 e. The van der Waals surface area contributed by atoms with Gasteiger partial charge in [-0.3, -0.25) is 14.5 Å². The molecule has 0 saturated carbocycles. The number of nitrogens with one attached hydrogen (secondary N) is 1. The zero-order chi connectivity index (χ0) is 21.7. The summed E-state index contributed by atoms with van der Waals surface area (Å²) in [6.07, 6.45) is 4.22. The minimum Gasteiger partial charge on any atom is -0.350 e. The van der Waals surface area contributed by atoms with E-state index >= 15 is 0 Å². The number of amides is 2. The molecular weight excluding hydrogens is 413 g/mol. The maximum absolute atomic E-state index is 13.1. The second-order valence-electron chi connectivity index (χ2n) is 8.72. The van der Waals surface area contributed by atoms with Crippen LogP contribution in [0, 0.1) is 5.82 Å². The van der Waals surface area contributed by atoms with Crippen molar-refractivity contribution in [2.24, 2.45) is 0 Å². The summed E-state index contributed by atoms with van der Waals surface area (Å²) in [5, 5.41) is 5.23. The normalized spacial score (nSPS) is 22.4. The van der Waals surface area contributed by atoms with Gasteiger partial charge in [0.2, 0.25) is 11.8 Å². The van der Waals surface area contributed by atoms with Crippen LogP contribution in [-0.2, 0) is 22.6 Å². The van der Waals surface area contributed by atoms with Crippen LogP contribution in [0.5, 0.6) is 0 Å². The van der Waals surface area contributed by atoms with Crippen LogP contribution in [0.3, 0.4) is 0 Å². The number of rotatable bonds is 7. The van der Waals surface area contributed by atoms with Crippen LogP contribution in [0.4, 0.5) is 4.39 Å². The van der Waals surface area contributed by atoms with Gasteiger partial charge in [-0.2, -0.15) is 0 Å². The summed E-state index contributed by atoms with van der Waals surface area (Å²) < 4.78 is 13.1. The SMILES string of the molecule is O=C1CC[C@@](CCC(=O)N2CCCN(Cc3ccc(F)cc3)CC2)(Cc2cccs2)N1. The van der Waals surface area contributed by atoms with Crippen molar-refractivity contribution in [3.8, 4) is 0 Å². The first-order chi connectivity index (χ1) is 15.0. The van der Waals surface area contributed by atoms with Crippen molar-refractivity contribution in [3.05, 3.63) is 58.0 Å². The van der Waals surface area contributed by atoms with Crippen LogP contribution in [0.1, 0.15) is 42.5 Å². The molecule has 3 heterocycles. The van der Waals surface area contributed by atoms with Gasteiger partial charge in [-0.25, -0.2) is 4.39 Å². The number of nitrogens with zero attached hydrogens (tertiary/aromatic N) is 2. The van der Waals surface area contributed by atoms with E-state index in [-0.39, 0.29) is 23.2 Å². The van der Waals surface area contributed by atoms with Crippen LogP contribution in [0.2, 0.25) is 0 Å². The molecule has 166 valence electrons. The summed E-state index contributed by atoms with van der Waals surface area (Å²) in [6.45, 7) is 4.01. The molecule has 2 fully saturated rings. The maximum atomic E-state index is 13.1. The van der Waals surface area contributed by atoms with E-state index in [4.69, 9.17) is 0 Å². The van der Waals surface area contributed by atoms with E-state index in [1.54, 1.807) is 11.3 Å². The van der Waals surface area contributed by atoms with E-state index in [1.807, 2.05) is 23.1 Å². The van der Waals surface area contributed by atoms with Gasteiger partial charge in [0, 0.05) is 62.4 Å². The largest absolute Gasteiger partial charge is 0.350 e. The van der Waals surface area contributed by atoms with Crippen LogP contribution < -0.4 is 5.32 Å². The molecule has 1 aromatic heterocycles. The number of hydrogen-bond acceptors (Lipinski definition) is 4. The maximum Gasteiger partial charge on any atom is 0.222 e. The molecule has 0 spiro atoms. The summed E-state index contributed by atoms with van der Waals surface area (Å²) in [6, 6.07) is 10.8. The highest BCUT2D eigenvalue weighted by molar-refractivity contribution is 7.09. The molecule has 0 aliphatic carbocycles. The van der Waals surface area contributed by atoms with Crippen molar-refractivity contribution in [1.82, 2.24) is 15.1 Å². The third-order valence-electron chi connectivity index (χ3n) is 6.41. The van der Waals surface area contributed by atoms with E-state index in [1.165, 1.54) is 17.0 Å². The number of thiophene rings is 1. The number of benzene rings is 1. The zero-order valence-corrected chi connectivity index (χ0v) is 18.6. The van der Waals surface area contributed by atoms with Gasteiger partial charge in [0.05, 0.1) is 0 Å². The molecule has 7 heteroatoms. The van der Waals surface area contributed by atoms with Gasteiger partial charge in [0.15, 0.2) is 0 Å². The monoisotopic (exact) mass is 443 g/mol. The lowest BCUT2D eigenvalue weighted by atomic mass is 9.87. The lowest BCUT2D eigenvalue weighted by Crippen LogP contribution is -2.45. The summed E-state index contributed by atoms with van der Waals surface area (Å²) in [4.78, 5) is 30.5. The Hall–Kier alpha value is -2.25. The minimum atomic E-state index is -0.294. The van der Waals surface area contributed by atoms with Gasteiger partial charge in [0.25, 0.3) is 0 Å². The van der Waals surface area contributed by atoms with Crippen molar-refractivity contribution in [2.75, 3.05) is 26.2 Å². The van der Waals surface area contributed by atoms with Crippen molar-refractivity contribution in [1.29, 1.82) is 0 Å². The van der Waals surface area contributed by atoms with Gasteiger partial charge in [0.1, 0.15) is 5.82 Å². The third-order valence-corrected chi connectivity index (χ3v) is 7.28. The Labute approximate surface area is 187 Å². The molecule has 2 aliphatic heterocycles. The number of hydrogen-bond donors (Lipinski definition) is 1. The minimum absolute atomic E-state index is 0.0928. The number of halogens is 1. The first-order valence-corrected chi connectivity index (χ1v) is 12.0. The highest BCUT2D eigenvalue weighted by atomic mass is 32.1. The lowest BCUT2D eigenvalue weighted by Gasteiger charge is -2.30. The molecule has 2 aromatic rings. The molecule has 1 atom stereocenters. The van der Waals surface area contributed by atoms with Gasteiger partial charge < -0.3 is 10.2 Å². The quantitative estimate of drug-likeness (QED) is 0.712. The first-order valence-electron chi connectivity index (χ1n) is 11.1. The van der Waals surface area contributed by atoms with Crippen LogP contribution in [0.25, 0.3) is 0 Å². The van der Waals surface area contributed by atoms with E-state index < -0.39 is 0 Å². The Bertz CT molecular complexity index is 887. The fraction of sp³-hybridized carbons (Fsp3) is 0.500. The van der Waals surface area contributed by atoms with Gasteiger partial charge >= 0.3 is 0 Å². The van der Waals surface area contributed by atoms with E-state index in [2.05, 4.69) is 21.7 Å². The van der Waals surface area contributed by atoms with E-state index in [0.717, 1.165) is 51.0 Å². The van der Waals surface area contributed by atoms with Crippen LogP contribution >= 0.6 is 11.3 Å². The Kier molecular flexibility index (Phi) is 7.02. The summed E-state index contributed by atoms with van der Waals surface area (Å²) in [5.41, 5.74) is 0.798. The molecule has 0 radical (unpaired) electrons. The average molecular weight is 444 g/mol. The molecule has 1 N–H and O–H groups in total. The molecular formula is C24H30FN3O2S. The van der Waals surface area contributed by atoms with Crippen molar-refractivity contribution < 1.29 is 14.0 Å². The predicted octanol–water partition coefficient (Wildman–Crippen LogP) is 3.59. The lowest BCUT2D eigenvalue weighted by molar-refractivity contribution is -0.131. The Balaban J connectivity index is 1.29. The van der Waals surface area contributed by atoms with Gasteiger partial charge in [-0.05, 0) is 48.4 Å². The average Bonchev–Trinajstić information content (AvgIpc) is 3.33. The molecule has 0 bridgehead atoms. The van der Waals surface area contributed by atoms with Gasteiger partial charge in [-0.15, -0.1) is 11.3 Å². The zero-order valence-electron chi connectivity index (χ0n) is 17.8. The highest BCUT2D eigenvalue weighted by Gasteiger charge is 2.38. The van der Waals surface area contributed by atoms with E-state index in [0.29, 0.717) is 25.8 Å².